The standard InChI is InChI=1S/C20H41ClNOP/c1-5-6-7-8-9-10-11-12-13-14-18(20(2,3)4)19(21)15-17-16-22-24-23-17/h17-19,22,24H,5-16H2,1-4H3. The molecule has 0 aromatic heterocycles. The number of alkyl halides is 1. The molecule has 1 aliphatic heterocycles. The van der Waals surface area contributed by atoms with E-state index in [0.717, 1.165) is 13.0 Å². The lowest BCUT2D eigenvalue weighted by Crippen LogP contribution is -2.32. The van der Waals surface area contributed by atoms with Gasteiger partial charge in [-0.15, -0.1) is 11.6 Å². The second-order valence-electron chi connectivity index (χ2n) is 8.56. The van der Waals surface area contributed by atoms with Crippen LogP contribution in [0.1, 0.15) is 98.3 Å². The van der Waals surface area contributed by atoms with Gasteiger partial charge in [-0.1, -0.05) is 85.5 Å². The molecule has 1 heterocycles. The number of hydrogen-bond acceptors (Lipinski definition) is 2. The molecular weight excluding hydrogens is 337 g/mol. The summed E-state index contributed by atoms with van der Waals surface area (Å²) < 4.78 is 5.72. The number of rotatable bonds is 13. The van der Waals surface area contributed by atoms with E-state index in [1.165, 1.54) is 64.2 Å². The Kier molecular flexibility index (Phi) is 12.2. The molecule has 1 N–H and O–H groups in total. The first-order valence-electron chi connectivity index (χ1n) is 10.2. The van der Waals surface area contributed by atoms with Gasteiger partial charge in [-0.2, -0.15) is 0 Å². The van der Waals surface area contributed by atoms with Crippen LogP contribution >= 0.6 is 20.6 Å². The smallest absolute Gasteiger partial charge is 0.0867 e. The molecular formula is C20H41ClNOP. The van der Waals surface area contributed by atoms with Gasteiger partial charge in [0.15, 0.2) is 0 Å². The van der Waals surface area contributed by atoms with Crippen LogP contribution in [0.25, 0.3) is 0 Å². The lowest BCUT2D eigenvalue weighted by Gasteiger charge is -2.35. The second kappa shape index (κ2) is 12.9. The third-order valence-electron chi connectivity index (χ3n) is 5.28. The first-order chi connectivity index (χ1) is 11.4. The van der Waals surface area contributed by atoms with Crippen molar-refractivity contribution in [1.82, 2.24) is 5.09 Å². The lowest BCUT2D eigenvalue weighted by atomic mass is 9.74. The van der Waals surface area contributed by atoms with Crippen molar-refractivity contribution in [3.8, 4) is 0 Å². The number of halogens is 1. The minimum Gasteiger partial charge on any atom is -0.342 e. The summed E-state index contributed by atoms with van der Waals surface area (Å²) in [6.07, 6.45) is 15.1. The Morgan fingerprint density at radius 1 is 1.04 bits per heavy atom. The fraction of sp³-hybridized carbons (Fsp3) is 1.00. The summed E-state index contributed by atoms with van der Waals surface area (Å²) in [6, 6.07) is 0. The van der Waals surface area contributed by atoms with Gasteiger partial charge < -0.3 is 4.52 Å². The zero-order valence-corrected chi connectivity index (χ0v) is 18.3. The van der Waals surface area contributed by atoms with Gasteiger partial charge in [0, 0.05) is 11.9 Å². The molecule has 4 heteroatoms. The third kappa shape index (κ3) is 9.95. The van der Waals surface area contributed by atoms with Crippen LogP contribution in [0.3, 0.4) is 0 Å². The summed E-state index contributed by atoms with van der Waals surface area (Å²) in [5.74, 6) is 0.580. The van der Waals surface area contributed by atoms with Gasteiger partial charge in [0.1, 0.15) is 0 Å². The van der Waals surface area contributed by atoms with Gasteiger partial charge in [0.25, 0.3) is 0 Å². The van der Waals surface area contributed by atoms with Crippen LogP contribution in [0.5, 0.6) is 0 Å². The molecule has 144 valence electrons. The Balaban J connectivity index is 2.18. The van der Waals surface area contributed by atoms with E-state index in [-0.39, 0.29) is 10.8 Å². The monoisotopic (exact) mass is 377 g/mol. The number of hydrogen-bond donors (Lipinski definition) is 1. The summed E-state index contributed by atoms with van der Waals surface area (Å²) in [7, 11) is 0.460. The van der Waals surface area contributed by atoms with Gasteiger partial charge in [-0.05, 0) is 24.2 Å². The normalized spacial score (nSPS) is 22.1. The molecule has 4 unspecified atom stereocenters. The molecule has 1 aliphatic rings. The Morgan fingerprint density at radius 2 is 1.62 bits per heavy atom. The Hall–Kier alpha value is 0.640. The molecule has 0 radical (unpaired) electrons. The van der Waals surface area contributed by atoms with Crippen LogP contribution in [0, 0.1) is 11.3 Å². The Labute approximate surface area is 158 Å². The van der Waals surface area contributed by atoms with Crippen LogP contribution in [0.15, 0.2) is 0 Å². The average molecular weight is 378 g/mol. The molecule has 4 atom stereocenters. The van der Waals surface area contributed by atoms with Crippen molar-refractivity contribution in [2.75, 3.05) is 6.54 Å². The van der Waals surface area contributed by atoms with Gasteiger partial charge in [0.05, 0.1) is 15.1 Å². The summed E-state index contributed by atoms with van der Waals surface area (Å²) in [5.41, 5.74) is 0.279. The van der Waals surface area contributed by atoms with Gasteiger partial charge in [-0.3, -0.25) is 5.09 Å². The first kappa shape index (κ1) is 22.7. The summed E-state index contributed by atoms with van der Waals surface area (Å²) in [5, 5.41) is 3.52. The maximum Gasteiger partial charge on any atom is 0.0867 e. The maximum atomic E-state index is 6.82. The van der Waals surface area contributed by atoms with E-state index >= 15 is 0 Å². The van der Waals surface area contributed by atoms with Gasteiger partial charge in [-0.25, -0.2) is 0 Å². The minimum atomic E-state index is 0.230. The maximum absolute atomic E-state index is 6.82. The molecule has 2 nitrogen and oxygen atoms in total. The largest absolute Gasteiger partial charge is 0.342 e. The highest BCUT2D eigenvalue weighted by Gasteiger charge is 2.33. The highest BCUT2D eigenvalue weighted by atomic mass is 35.5. The Bertz CT molecular complexity index is 303. The summed E-state index contributed by atoms with van der Waals surface area (Å²) in [6.45, 7) is 10.3. The lowest BCUT2D eigenvalue weighted by molar-refractivity contribution is 0.174. The molecule has 0 aromatic carbocycles. The van der Waals surface area contributed by atoms with Crippen molar-refractivity contribution in [2.45, 2.75) is 110 Å². The molecule has 0 saturated carbocycles. The van der Waals surface area contributed by atoms with E-state index in [9.17, 15) is 0 Å². The van der Waals surface area contributed by atoms with Gasteiger partial charge >= 0.3 is 0 Å². The molecule has 1 rings (SSSR count). The van der Waals surface area contributed by atoms with Crippen LogP contribution in [-0.2, 0) is 4.52 Å². The van der Waals surface area contributed by atoms with E-state index in [2.05, 4.69) is 32.8 Å². The highest BCUT2D eigenvalue weighted by Crippen LogP contribution is 2.38. The SMILES string of the molecule is CCCCCCCCCCCC(C(Cl)CC1CNPO1)C(C)(C)C. The summed E-state index contributed by atoms with van der Waals surface area (Å²) >= 11 is 6.82. The van der Waals surface area contributed by atoms with E-state index < -0.39 is 0 Å². The first-order valence-corrected chi connectivity index (χ1v) is 11.6. The fourth-order valence-electron chi connectivity index (χ4n) is 3.70. The second-order valence-corrected chi connectivity index (χ2v) is 9.92. The van der Waals surface area contributed by atoms with Crippen LogP contribution < -0.4 is 5.09 Å². The molecule has 0 aliphatic carbocycles. The van der Waals surface area contributed by atoms with Crippen LogP contribution in [-0.4, -0.2) is 18.0 Å². The molecule has 1 saturated heterocycles. The van der Waals surface area contributed by atoms with Crippen molar-refractivity contribution in [3.63, 3.8) is 0 Å². The van der Waals surface area contributed by atoms with Crippen LogP contribution in [0.2, 0.25) is 0 Å². The van der Waals surface area contributed by atoms with E-state index in [1.807, 2.05) is 0 Å². The number of nitrogens with one attached hydrogen (secondary N) is 1. The predicted molar refractivity (Wildman–Crippen MR) is 110 cm³/mol. The zero-order valence-electron chi connectivity index (χ0n) is 16.5. The summed E-state index contributed by atoms with van der Waals surface area (Å²) in [4.78, 5) is 0. The van der Waals surface area contributed by atoms with E-state index in [1.54, 1.807) is 0 Å². The van der Waals surface area contributed by atoms with Crippen molar-refractivity contribution < 1.29 is 4.52 Å². The molecule has 0 amide bonds. The average Bonchev–Trinajstić information content (AvgIpc) is 3.00. The molecule has 0 spiro atoms. The molecule has 0 bridgehead atoms. The minimum absolute atomic E-state index is 0.230. The van der Waals surface area contributed by atoms with Crippen molar-refractivity contribution >= 4 is 20.6 Å². The number of unbranched alkanes of at least 4 members (excludes halogenated alkanes) is 8. The van der Waals surface area contributed by atoms with Crippen molar-refractivity contribution in [3.05, 3.63) is 0 Å². The zero-order chi connectivity index (χ0) is 17.8. The third-order valence-corrected chi connectivity index (χ3v) is 6.57. The fourth-order valence-corrected chi connectivity index (χ4v) is 5.14. The van der Waals surface area contributed by atoms with Crippen molar-refractivity contribution in [1.29, 1.82) is 0 Å². The predicted octanol–water partition coefficient (Wildman–Crippen LogP) is 7.06. The highest BCUT2D eigenvalue weighted by molar-refractivity contribution is 7.30. The van der Waals surface area contributed by atoms with Gasteiger partial charge in [0.2, 0.25) is 0 Å². The quantitative estimate of drug-likeness (QED) is 0.210. The molecule has 24 heavy (non-hydrogen) atoms. The topological polar surface area (TPSA) is 21.3 Å². The van der Waals surface area contributed by atoms with E-state index in [4.69, 9.17) is 16.1 Å². The van der Waals surface area contributed by atoms with Crippen molar-refractivity contribution in [2.24, 2.45) is 11.3 Å². The molecule has 0 aromatic rings. The van der Waals surface area contributed by atoms with E-state index in [0.29, 0.717) is 21.0 Å². The van der Waals surface area contributed by atoms with Crippen LogP contribution in [0.4, 0.5) is 0 Å². The molecule has 1 fully saturated rings. The Morgan fingerprint density at radius 3 is 2.12 bits per heavy atom.